The van der Waals surface area contributed by atoms with Crippen LogP contribution in [0.3, 0.4) is 0 Å². The lowest BCUT2D eigenvalue weighted by molar-refractivity contribution is 0.0782. The average Bonchev–Trinajstić information content (AvgIpc) is 2.44. The number of hydrogen-bond acceptors (Lipinski definition) is 6. The predicted molar refractivity (Wildman–Crippen MR) is 72.2 cm³/mol. The van der Waals surface area contributed by atoms with Gasteiger partial charge in [0.05, 0.1) is 5.16 Å². The fraction of sp³-hybridized carbons (Fsp3) is 1.00. The molecule has 8 heteroatoms. The Morgan fingerprint density at radius 1 is 0.667 bits per heavy atom. The smallest absolute Gasteiger partial charge is 0.377 e. The largest absolute Gasteiger partial charge is 0.507 e. The fourth-order valence-electron chi connectivity index (χ4n) is 2.21. The zero-order valence-corrected chi connectivity index (χ0v) is 14.4. The van der Waals surface area contributed by atoms with Crippen LogP contribution in [-0.4, -0.2) is 60.3 Å². The van der Waals surface area contributed by atoms with E-state index in [2.05, 4.69) is 6.92 Å². The van der Waals surface area contributed by atoms with Crippen LogP contribution in [0, 0.1) is 0 Å². The lowest BCUT2D eigenvalue weighted by Gasteiger charge is -2.39. The Morgan fingerprint density at radius 3 is 1.11 bits per heavy atom. The van der Waals surface area contributed by atoms with Crippen LogP contribution in [0.15, 0.2) is 0 Å². The van der Waals surface area contributed by atoms with Crippen LogP contribution in [0.5, 0.6) is 0 Å². The third kappa shape index (κ3) is 3.39. The summed E-state index contributed by atoms with van der Waals surface area (Å²) in [6, 6.07) is 0. The molecule has 0 aromatic heterocycles. The van der Waals surface area contributed by atoms with Gasteiger partial charge in [0.15, 0.2) is 0 Å². The van der Waals surface area contributed by atoms with E-state index in [0.717, 1.165) is 12.8 Å². The lowest BCUT2D eigenvalue weighted by Crippen LogP contribution is -2.62. The van der Waals surface area contributed by atoms with Crippen molar-refractivity contribution in [2.75, 3.05) is 42.7 Å². The first-order valence-corrected chi connectivity index (χ1v) is 9.47. The molecule has 0 N–H and O–H groups in total. The summed E-state index contributed by atoms with van der Waals surface area (Å²) in [6.45, 7) is 2.08. The first-order chi connectivity index (χ1) is 8.56. The predicted octanol–water partition coefficient (Wildman–Crippen LogP) is 1.45. The fourth-order valence-corrected chi connectivity index (χ4v) is 10.1. The summed E-state index contributed by atoms with van der Waals surface area (Å²) in [5.74, 6) is 0. The SMILES string of the molecule is CCCC([Si](OC)(OC)OC)[Si](OC)(OC)OC. The van der Waals surface area contributed by atoms with Crippen molar-refractivity contribution in [3.05, 3.63) is 0 Å². The van der Waals surface area contributed by atoms with E-state index in [1.807, 2.05) is 0 Å². The molecule has 0 fully saturated rings. The summed E-state index contributed by atoms with van der Waals surface area (Å²) >= 11 is 0. The standard InChI is InChI=1S/C10H26O6Si2/c1-8-9-10(17(11-2,12-3)13-4)18(14-5,15-6)16-7/h10H,8-9H2,1-7H3. The van der Waals surface area contributed by atoms with E-state index in [0.29, 0.717) is 0 Å². The van der Waals surface area contributed by atoms with Crippen LogP contribution in [0.4, 0.5) is 0 Å². The van der Waals surface area contributed by atoms with Gasteiger partial charge in [-0.1, -0.05) is 13.3 Å². The minimum Gasteiger partial charge on any atom is -0.377 e. The van der Waals surface area contributed by atoms with E-state index >= 15 is 0 Å². The maximum Gasteiger partial charge on any atom is 0.507 e. The molecule has 0 aromatic rings. The Hall–Kier alpha value is 0.194. The summed E-state index contributed by atoms with van der Waals surface area (Å²) in [5.41, 5.74) is 0. The molecule has 0 aliphatic heterocycles. The number of hydrogen-bond donors (Lipinski definition) is 0. The molecule has 0 unspecified atom stereocenters. The lowest BCUT2D eigenvalue weighted by atomic mass is 10.4. The van der Waals surface area contributed by atoms with E-state index in [4.69, 9.17) is 26.6 Å². The maximum absolute atomic E-state index is 5.55. The molecule has 0 saturated carbocycles. The Balaban J connectivity index is 5.49. The van der Waals surface area contributed by atoms with E-state index in [-0.39, 0.29) is 5.16 Å². The minimum atomic E-state index is -2.88. The molecule has 0 rings (SSSR count). The monoisotopic (exact) mass is 298 g/mol. The zero-order valence-electron chi connectivity index (χ0n) is 12.4. The highest BCUT2D eigenvalue weighted by Gasteiger charge is 2.63. The van der Waals surface area contributed by atoms with E-state index in [1.54, 1.807) is 42.7 Å². The van der Waals surface area contributed by atoms with Crippen LogP contribution >= 0.6 is 0 Å². The van der Waals surface area contributed by atoms with Crippen molar-refractivity contribution in [2.24, 2.45) is 0 Å². The molecule has 0 saturated heterocycles. The molecule has 0 heterocycles. The average molecular weight is 298 g/mol. The number of rotatable bonds is 10. The van der Waals surface area contributed by atoms with Crippen LogP contribution < -0.4 is 0 Å². The Bertz CT molecular complexity index is 184. The second-order valence-electron chi connectivity index (χ2n) is 3.77. The molecule has 0 aromatic carbocycles. The molecule has 0 radical (unpaired) electrons. The molecule has 0 bridgehead atoms. The van der Waals surface area contributed by atoms with Crippen LogP contribution in [0.25, 0.3) is 0 Å². The van der Waals surface area contributed by atoms with Crippen molar-refractivity contribution in [2.45, 2.75) is 24.9 Å². The van der Waals surface area contributed by atoms with Gasteiger partial charge in [-0.15, -0.1) is 0 Å². The molecule has 0 aliphatic rings. The van der Waals surface area contributed by atoms with Gasteiger partial charge in [-0.25, -0.2) is 0 Å². The van der Waals surface area contributed by atoms with Crippen molar-refractivity contribution >= 4 is 17.6 Å². The highest BCUT2D eigenvalue weighted by Crippen LogP contribution is 2.38. The molecule has 0 spiro atoms. The first kappa shape index (κ1) is 18.2. The normalized spacial score (nSPS) is 13.3. The molecular formula is C10H26O6Si2. The third-order valence-electron chi connectivity index (χ3n) is 3.14. The third-order valence-corrected chi connectivity index (χ3v) is 11.0. The van der Waals surface area contributed by atoms with Crippen molar-refractivity contribution in [1.29, 1.82) is 0 Å². The second-order valence-corrected chi connectivity index (χ2v) is 10.6. The second kappa shape index (κ2) is 8.38. The van der Waals surface area contributed by atoms with Crippen molar-refractivity contribution < 1.29 is 26.6 Å². The van der Waals surface area contributed by atoms with E-state index < -0.39 is 17.6 Å². The van der Waals surface area contributed by atoms with Gasteiger partial charge in [-0.2, -0.15) is 0 Å². The van der Waals surface area contributed by atoms with Crippen LogP contribution in [0.1, 0.15) is 19.8 Å². The molecule has 18 heavy (non-hydrogen) atoms. The quantitative estimate of drug-likeness (QED) is 0.569. The highest BCUT2D eigenvalue weighted by molar-refractivity contribution is 6.82. The van der Waals surface area contributed by atoms with Gasteiger partial charge >= 0.3 is 17.6 Å². The molecule has 0 aliphatic carbocycles. The molecule has 0 amide bonds. The van der Waals surface area contributed by atoms with Crippen molar-refractivity contribution in [1.82, 2.24) is 0 Å². The summed E-state index contributed by atoms with van der Waals surface area (Å²) in [7, 11) is 3.75. The van der Waals surface area contributed by atoms with Gasteiger partial charge in [0, 0.05) is 42.7 Å². The van der Waals surface area contributed by atoms with Crippen molar-refractivity contribution in [3.63, 3.8) is 0 Å². The zero-order chi connectivity index (χ0) is 14.2. The van der Waals surface area contributed by atoms with Crippen LogP contribution in [0.2, 0.25) is 5.16 Å². The van der Waals surface area contributed by atoms with Crippen LogP contribution in [-0.2, 0) is 26.6 Å². The van der Waals surface area contributed by atoms with Gasteiger partial charge in [0.2, 0.25) is 0 Å². The van der Waals surface area contributed by atoms with Crippen molar-refractivity contribution in [3.8, 4) is 0 Å². The summed E-state index contributed by atoms with van der Waals surface area (Å²) in [4.78, 5) is 0. The van der Waals surface area contributed by atoms with Gasteiger partial charge in [-0.05, 0) is 6.42 Å². The Labute approximate surface area is 112 Å². The topological polar surface area (TPSA) is 55.4 Å². The van der Waals surface area contributed by atoms with Gasteiger partial charge in [0.1, 0.15) is 0 Å². The van der Waals surface area contributed by atoms with Gasteiger partial charge in [-0.3, -0.25) is 0 Å². The van der Waals surface area contributed by atoms with E-state index in [1.165, 1.54) is 0 Å². The van der Waals surface area contributed by atoms with E-state index in [9.17, 15) is 0 Å². The molecular weight excluding hydrogens is 272 g/mol. The molecule has 6 nitrogen and oxygen atoms in total. The van der Waals surface area contributed by atoms with Gasteiger partial charge in [0.25, 0.3) is 0 Å². The summed E-state index contributed by atoms with van der Waals surface area (Å²) in [5, 5.41) is -0.144. The minimum absolute atomic E-state index is 0.144. The first-order valence-electron chi connectivity index (χ1n) is 5.87. The summed E-state index contributed by atoms with van der Waals surface area (Å²) < 4.78 is 33.3. The maximum atomic E-state index is 5.55. The molecule has 0 atom stereocenters. The summed E-state index contributed by atoms with van der Waals surface area (Å²) in [6.07, 6.45) is 1.73. The highest BCUT2D eigenvalue weighted by atomic mass is 28.5. The molecule has 110 valence electrons. The van der Waals surface area contributed by atoms with Gasteiger partial charge < -0.3 is 26.6 Å². The Morgan fingerprint density at radius 2 is 0.944 bits per heavy atom. The Kier molecular flexibility index (Phi) is 8.47.